The monoisotopic (exact) mass is 706 g/mol. The molecule has 0 aromatic heterocycles. The topological polar surface area (TPSA) is 174 Å². The lowest BCUT2D eigenvalue weighted by Gasteiger charge is -2.26. The smallest absolute Gasteiger partial charge is 0.408 e. The minimum atomic E-state index is -4.63. The van der Waals surface area contributed by atoms with Crippen molar-refractivity contribution in [1.29, 1.82) is 0 Å². The Morgan fingerprint density at radius 3 is 2.16 bits per heavy atom. The summed E-state index contributed by atoms with van der Waals surface area (Å²) >= 11 is 0. The molecule has 0 bridgehead atoms. The fourth-order valence-electron chi connectivity index (χ4n) is 5.28. The minimum absolute atomic E-state index is 0.0115. The van der Waals surface area contributed by atoms with E-state index < -0.39 is 82.6 Å². The van der Waals surface area contributed by atoms with Crippen molar-refractivity contribution in [2.45, 2.75) is 103 Å². The first-order chi connectivity index (χ1) is 22.9. The van der Waals surface area contributed by atoms with Gasteiger partial charge in [-0.3, -0.25) is 8.98 Å². The van der Waals surface area contributed by atoms with E-state index in [-0.39, 0.29) is 13.0 Å². The van der Waals surface area contributed by atoms with Crippen molar-refractivity contribution >= 4 is 28.3 Å². The molecule has 2 heterocycles. The maximum absolute atomic E-state index is 13.0. The number of nitrogens with one attached hydrogen (secondary N) is 2. The number of amides is 2. The van der Waals surface area contributed by atoms with Crippen LogP contribution in [0.4, 0.5) is 4.79 Å². The number of carbonyl (C=O) groups is 3. The van der Waals surface area contributed by atoms with Crippen LogP contribution < -0.4 is 14.8 Å². The molecule has 15 heteroatoms. The number of para-hydroxylation sites is 1. The molecule has 270 valence electrons. The van der Waals surface area contributed by atoms with E-state index >= 15 is 0 Å². The Morgan fingerprint density at radius 2 is 1.55 bits per heavy atom. The van der Waals surface area contributed by atoms with Gasteiger partial charge in [0.25, 0.3) is 5.91 Å². The van der Waals surface area contributed by atoms with Gasteiger partial charge in [-0.1, -0.05) is 38.5 Å². The molecule has 2 N–H and O–H groups in total. The fraction of sp³-hybridized carbons (Fsp3) is 0.559. The molecule has 2 fully saturated rings. The molecule has 2 aromatic rings. The molecule has 0 aliphatic carbocycles. The molecule has 6 unspecified atom stereocenters. The van der Waals surface area contributed by atoms with Crippen LogP contribution in [0.15, 0.2) is 54.6 Å². The second-order valence-corrected chi connectivity index (χ2v) is 14.7. The average molecular weight is 707 g/mol. The number of carbonyl (C=O) groups excluding carboxylic acids is 3. The Kier molecular flexibility index (Phi) is 12.3. The number of rotatable bonds is 14. The Hall–Kier alpha value is -3.76. The van der Waals surface area contributed by atoms with E-state index in [9.17, 15) is 22.8 Å². The third-order valence-corrected chi connectivity index (χ3v) is 8.63. The maximum Gasteiger partial charge on any atom is 0.408 e. The molecule has 2 amide bonds. The SMILES string of the molecule is CCC(C)C(NC(=O)OC(C)(C)C)C(=O)NS(=O)(=O)OCC1OC(CCOC(=O)c2ccc(Oc3ccccc3)cc2)C2OC(C)(C)OC12. The van der Waals surface area contributed by atoms with Gasteiger partial charge >= 0.3 is 22.4 Å². The van der Waals surface area contributed by atoms with Crippen molar-refractivity contribution in [1.82, 2.24) is 10.0 Å². The third kappa shape index (κ3) is 11.1. The van der Waals surface area contributed by atoms with Crippen molar-refractivity contribution in [3.8, 4) is 11.5 Å². The lowest BCUT2D eigenvalue weighted by molar-refractivity contribution is -0.190. The summed E-state index contributed by atoms with van der Waals surface area (Å²) in [4.78, 5) is 38.0. The van der Waals surface area contributed by atoms with E-state index in [1.165, 1.54) is 0 Å². The van der Waals surface area contributed by atoms with Crippen LogP contribution in [0.2, 0.25) is 0 Å². The van der Waals surface area contributed by atoms with Crippen LogP contribution in [-0.2, 0) is 43.0 Å². The summed E-state index contributed by atoms with van der Waals surface area (Å²) in [5.74, 6) is -1.69. The summed E-state index contributed by atoms with van der Waals surface area (Å²) in [6, 6.07) is 14.6. The largest absolute Gasteiger partial charge is 0.462 e. The number of hydrogen-bond acceptors (Lipinski definition) is 12. The number of ether oxygens (including phenoxy) is 6. The molecule has 0 saturated carbocycles. The predicted octanol–water partition coefficient (Wildman–Crippen LogP) is 4.63. The van der Waals surface area contributed by atoms with E-state index in [1.807, 2.05) is 35.1 Å². The van der Waals surface area contributed by atoms with E-state index in [4.69, 9.17) is 32.6 Å². The van der Waals surface area contributed by atoms with Gasteiger partial charge in [-0.25, -0.2) is 14.3 Å². The maximum atomic E-state index is 13.0. The molecule has 0 radical (unpaired) electrons. The van der Waals surface area contributed by atoms with Crippen LogP contribution in [0.1, 0.15) is 71.7 Å². The van der Waals surface area contributed by atoms with Gasteiger partial charge in [-0.2, -0.15) is 8.42 Å². The standard InChI is InChI=1S/C34H46N2O12S/c1-8-21(2)27(35-32(39)48-33(3,4)5)30(37)36-49(40,41)43-20-26-29-28(46-34(6,7)47-29)25(45-26)18-19-42-31(38)22-14-16-24(17-15-22)44-23-12-10-9-11-13-23/h9-17,21,25-29H,8,18-20H2,1-7H3,(H,35,39)(H,36,37). The van der Waals surface area contributed by atoms with Gasteiger partial charge < -0.3 is 33.7 Å². The van der Waals surface area contributed by atoms with Gasteiger partial charge in [0.15, 0.2) is 5.79 Å². The highest BCUT2D eigenvalue weighted by Crippen LogP contribution is 2.40. The first kappa shape index (κ1) is 38.0. The fourth-order valence-corrected chi connectivity index (χ4v) is 6.03. The van der Waals surface area contributed by atoms with E-state index in [1.54, 1.807) is 72.7 Å². The number of fused-ring (bicyclic) bond motifs is 1. The summed E-state index contributed by atoms with van der Waals surface area (Å²) in [6.45, 7) is 11.4. The second-order valence-electron chi connectivity index (χ2n) is 13.4. The van der Waals surface area contributed by atoms with Gasteiger partial charge in [0.2, 0.25) is 0 Å². The molecule has 6 atom stereocenters. The molecule has 14 nitrogen and oxygen atoms in total. The lowest BCUT2D eigenvalue weighted by atomic mass is 9.99. The first-order valence-electron chi connectivity index (χ1n) is 16.2. The molecule has 2 saturated heterocycles. The van der Waals surface area contributed by atoms with Crippen LogP contribution in [0, 0.1) is 5.92 Å². The van der Waals surface area contributed by atoms with Crippen molar-refractivity contribution < 1.29 is 55.4 Å². The summed E-state index contributed by atoms with van der Waals surface area (Å²) in [5, 5.41) is 2.44. The van der Waals surface area contributed by atoms with E-state index in [0.29, 0.717) is 23.5 Å². The van der Waals surface area contributed by atoms with Crippen LogP contribution in [0.5, 0.6) is 11.5 Å². The first-order valence-corrected chi connectivity index (χ1v) is 17.6. The quantitative estimate of drug-likeness (QED) is 0.261. The zero-order chi connectivity index (χ0) is 36.0. The van der Waals surface area contributed by atoms with Gasteiger partial charge in [-0.15, -0.1) is 0 Å². The third-order valence-electron chi connectivity index (χ3n) is 7.73. The summed E-state index contributed by atoms with van der Waals surface area (Å²) in [5.41, 5.74) is -0.484. The highest BCUT2D eigenvalue weighted by molar-refractivity contribution is 7.85. The Balaban J connectivity index is 1.30. The molecule has 2 aliphatic heterocycles. The molecule has 4 rings (SSSR count). The molecule has 49 heavy (non-hydrogen) atoms. The van der Waals surface area contributed by atoms with Crippen molar-refractivity contribution in [2.75, 3.05) is 13.2 Å². The highest BCUT2D eigenvalue weighted by Gasteiger charge is 2.55. The van der Waals surface area contributed by atoms with Crippen LogP contribution in [0.25, 0.3) is 0 Å². The highest BCUT2D eigenvalue weighted by atomic mass is 32.2. The van der Waals surface area contributed by atoms with Gasteiger partial charge in [0, 0.05) is 6.42 Å². The number of alkyl carbamates (subject to hydrolysis) is 1. The minimum Gasteiger partial charge on any atom is -0.462 e. The second kappa shape index (κ2) is 15.9. The Bertz CT molecular complexity index is 1540. The molecule has 0 spiro atoms. The van der Waals surface area contributed by atoms with E-state index in [2.05, 4.69) is 5.32 Å². The predicted molar refractivity (Wildman–Crippen MR) is 176 cm³/mol. The molecular formula is C34H46N2O12S. The van der Waals surface area contributed by atoms with Crippen molar-refractivity contribution in [2.24, 2.45) is 5.92 Å². The van der Waals surface area contributed by atoms with Gasteiger partial charge in [-0.05, 0) is 76.9 Å². The Morgan fingerprint density at radius 1 is 0.939 bits per heavy atom. The summed E-state index contributed by atoms with van der Waals surface area (Å²) in [7, 11) is -4.63. The van der Waals surface area contributed by atoms with Gasteiger partial charge in [0.1, 0.15) is 41.5 Å². The van der Waals surface area contributed by atoms with Gasteiger partial charge in [0.05, 0.1) is 24.9 Å². The summed E-state index contributed by atoms with van der Waals surface area (Å²) in [6.07, 6.45) is -2.95. The summed E-state index contributed by atoms with van der Waals surface area (Å²) < 4.78 is 67.2. The number of hydrogen-bond donors (Lipinski definition) is 2. The number of esters is 1. The zero-order valence-corrected chi connectivity index (χ0v) is 29.6. The van der Waals surface area contributed by atoms with Crippen LogP contribution in [-0.4, -0.2) is 81.4 Å². The zero-order valence-electron chi connectivity index (χ0n) is 28.8. The van der Waals surface area contributed by atoms with Crippen molar-refractivity contribution in [3.63, 3.8) is 0 Å². The van der Waals surface area contributed by atoms with Crippen LogP contribution >= 0.6 is 0 Å². The Labute approximate surface area is 287 Å². The molecule has 2 aliphatic rings. The van der Waals surface area contributed by atoms with E-state index in [0.717, 1.165) is 0 Å². The normalized spacial score (nSPS) is 22.8. The molecule has 2 aromatic carbocycles. The number of benzene rings is 2. The molecular weight excluding hydrogens is 660 g/mol. The lowest BCUT2D eigenvalue weighted by Crippen LogP contribution is -2.52. The van der Waals surface area contributed by atoms with Crippen molar-refractivity contribution in [3.05, 3.63) is 60.2 Å². The van der Waals surface area contributed by atoms with Crippen LogP contribution in [0.3, 0.4) is 0 Å². The average Bonchev–Trinajstić information content (AvgIpc) is 3.50.